The molecule has 0 unspecified atom stereocenters. The van der Waals surface area contributed by atoms with Crippen LogP contribution < -0.4 is 9.47 Å². The van der Waals surface area contributed by atoms with Gasteiger partial charge in [-0.15, -0.1) is 0 Å². The van der Waals surface area contributed by atoms with Crippen molar-refractivity contribution in [3.63, 3.8) is 0 Å². The van der Waals surface area contributed by atoms with Gasteiger partial charge in [0.15, 0.2) is 0 Å². The van der Waals surface area contributed by atoms with E-state index in [1.54, 1.807) is 31.3 Å². The summed E-state index contributed by atoms with van der Waals surface area (Å²) in [5, 5.41) is 11.0. The molecule has 0 radical (unpaired) electrons. The highest BCUT2D eigenvalue weighted by Crippen LogP contribution is 2.39. The van der Waals surface area contributed by atoms with Gasteiger partial charge in [0.05, 0.1) is 24.8 Å². The fourth-order valence-corrected chi connectivity index (χ4v) is 3.55. The maximum absolute atomic E-state index is 12.7. The Labute approximate surface area is 189 Å². The number of hydrogen-bond acceptors (Lipinski definition) is 5. The maximum Gasteiger partial charge on any atom is 0.295 e. The molecular weight excluding hydrogens is 406 g/mol. The number of ketones is 1. The van der Waals surface area contributed by atoms with Gasteiger partial charge in [-0.25, -0.2) is 0 Å². The van der Waals surface area contributed by atoms with Crippen LogP contribution in [0.5, 0.6) is 11.5 Å². The van der Waals surface area contributed by atoms with E-state index in [1.165, 1.54) is 4.90 Å². The molecule has 0 spiro atoms. The lowest BCUT2D eigenvalue weighted by Crippen LogP contribution is -2.24. The first-order valence-corrected chi connectivity index (χ1v) is 11.0. The number of likely N-dealkylation sites (tertiary alicyclic amines) is 1. The van der Waals surface area contributed by atoms with Gasteiger partial charge >= 0.3 is 0 Å². The molecule has 0 saturated carbocycles. The van der Waals surface area contributed by atoms with Crippen LogP contribution in [-0.4, -0.2) is 42.0 Å². The van der Waals surface area contributed by atoms with Crippen molar-refractivity contribution in [1.29, 1.82) is 0 Å². The number of unbranched alkanes of at least 4 members (excludes halogenated alkanes) is 1. The SMILES string of the molecule is CCCCOc1ccc([C@@H]2C(=C(O)c3ccc(OCC(C)C)cc3)C(=O)C(=O)N2C)cc1. The molecule has 1 saturated heterocycles. The first-order chi connectivity index (χ1) is 15.3. The number of benzene rings is 2. The molecule has 6 nitrogen and oxygen atoms in total. The molecule has 0 bridgehead atoms. The van der Waals surface area contributed by atoms with Crippen molar-refractivity contribution in [2.75, 3.05) is 20.3 Å². The Morgan fingerprint density at radius 1 is 1.00 bits per heavy atom. The second kappa shape index (κ2) is 10.4. The summed E-state index contributed by atoms with van der Waals surface area (Å²) in [5.74, 6) is 0.271. The smallest absolute Gasteiger partial charge is 0.295 e. The molecule has 6 heteroatoms. The molecule has 1 atom stereocenters. The molecule has 0 aromatic heterocycles. The molecular formula is C26H31NO5. The molecule has 1 N–H and O–H groups in total. The third kappa shape index (κ3) is 5.13. The average Bonchev–Trinajstić information content (AvgIpc) is 3.02. The van der Waals surface area contributed by atoms with Crippen LogP contribution in [0.25, 0.3) is 5.76 Å². The number of carbonyl (C=O) groups is 2. The minimum Gasteiger partial charge on any atom is -0.507 e. The molecule has 1 heterocycles. The Hall–Kier alpha value is -3.28. The zero-order valence-electron chi connectivity index (χ0n) is 19.1. The number of rotatable bonds is 9. The Morgan fingerprint density at radius 3 is 2.19 bits per heavy atom. The van der Waals surface area contributed by atoms with E-state index >= 15 is 0 Å². The Morgan fingerprint density at radius 2 is 1.59 bits per heavy atom. The molecule has 3 rings (SSSR count). The number of likely N-dealkylation sites (N-methyl/N-ethyl adjacent to an activating group) is 1. The number of amides is 1. The van der Waals surface area contributed by atoms with Gasteiger partial charge < -0.3 is 19.5 Å². The second-order valence-electron chi connectivity index (χ2n) is 8.41. The first-order valence-electron chi connectivity index (χ1n) is 11.0. The number of hydrogen-bond donors (Lipinski definition) is 1. The van der Waals surface area contributed by atoms with E-state index in [0.29, 0.717) is 30.4 Å². The van der Waals surface area contributed by atoms with Gasteiger partial charge in [0.1, 0.15) is 17.3 Å². The first kappa shape index (κ1) is 23.4. The topological polar surface area (TPSA) is 76.1 Å². The normalized spacial score (nSPS) is 17.8. The van der Waals surface area contributed by atoms with Crippen LogP contribution in [-0.2, 0) is 9.59 Å². The molecule has 2 aromatic carbocycles. The zero-order valence-corrected chi connectivity index (χ0v) is 19.1. The van der Waals surface area contributed by atoms with E-state index in [0.717, 1.165) is 24.2 Å². The maximum atomic E-state index is 12.7. The number of aliphatic hydroxyl groups excluding tert-OH is 1. The van der Waals surface area contributed by atoms with Gasteiger partial charge in [-0.2, -0.15) is 0 Å². The van der Waals surface area contributed by atoms with E-state index < -0.39 is 17.7 Å². The zero-order chi connectivity index (χ0) is 23.3. The Bertz CT molecular complexity index is 976. The van der Waals surface area contributed by atoms with Crippen molar-refractivity contribution in [2.45, 2.75) is 39.7 Å². The standard InChI is InChI=1S/C26H31NO5/c1-5-6-15-31-20-11-7-18(8-12-20)23-22(25(29)26(30)27(23)4)24(28)19-9-13-21(14-10-19)32-16-17(2)3/h7-14,17,23,28H,5-6,15-16H2,1-4H3/t23-/m1/s1. The van der Waals surface area contributed by atoms with E-state index in [4.69, 9.17) is 9.47 Å². The van der Waals surface area contributed by atoms with Crippen LogP contribution in [0, 0.1) is 5.92 Å². The fraction of sp³-hybridized carbons (Fsp3) is 0.385. The molecule has 170 valence electrons. The summed E-state index contributed by atoms with van der Waals surface area (Å²) in [6.45, 7) is 7.45. The van der Waals surface area contributed by atoms with E-state index in [2.05, 4.69) is 20.8 Å². The summed E-state index contributed by atoms with van der Waals surface area (Å²) in [4.78, 5) is 26.6. The van der Waals surface area contributed by atoms with Crippen LogP contribution in [0.4, 0.5) is 0 Å². The Kier molecular flexibility index (Phi) is 7.57. The predicted octanol–water partition coefficient (Wildman–Crippen LogP) is 4.95. The van der Waals surface area contributed by atoms with Crippen molar-refractivity contribution < 1.29 is 24.2 Å². The third-order valence-corrected chi connectivity index (χ3v) is 5.35. The van der Waals surface area contributed by atoms with Gasteiger partial charge in [0.25, 0.3) is 11.7 Å². The lowest BCUT2D eigenvalue weighted by molar-refractivity contribution is -0.139. The van der Waals surface area contributed by atoms with E-state index in [-0.39, 0.29) is 11.3 Å². The van der Waals surface area contributed by atoms with Crippen LogP contribution in [0.3, 0.4) is 0 Å². The number of aliphatic hydroxyl groups is 1. The quantitative estimate of drug-likeness (QED) is 0.260. The number of ether oxygens (including phenoxy) is 2. The lowest BCUT2D eigenvalue weighted by atomic mass is 9.95. The van der Waals surface area contributed by atoms with E-state index in [9.17, 15) is 14.7 Å². The highest BCUT2D eigenvalue weighted by Gasteiger charge is 2.44. The number of carbonyl (C=O) groups excluding carboxylic acids is 2. The molecule has 1 aliphatic rings. The largest absolute Gasteiger partial charge is 0.507 e. The molecule has 1 fully saturated rings. The van der Waals surface area contributed by atoms with Crippen LogP contribution in [0.1, 0.15) is 50.8 Å². The molecule has 2 aromatic rings. The highest BCUT2D eigenvalue weighted by atomic mass is 16.5. The summed E-state index contributed by atoms with van der Waals surface area (Å²) >= 11 is 0. The monoisotopic (exact) mass is 437 g/mol. The molecule has 1 aliphatic heterocycles. The second-order valence-corrected chi connectivity index (χ2v) is 8.41. The fourth-order valence-electron chi connectivity index (χ4n) is 3.55. The number of Topliss-reactive ketones (excluding diaryl/α,β-unsaturated/α-hetero) is 1. The van der Waals surface area contributed by atoms with Gasteiger partial charge in [-0.3, -0.25) is 9.59 Å². The predicted molar refractivity (Wildman–Crippen MR) is 124 cm³/mol. The lowest BCUT2D eigenvalue weighted by Gasteiger charge is -2.21. The van der Waals surface area contributed by atoms with Crippen molar-refractivity contribution in [2.24, 2.45) is 5.92 Å². The van der Waals surface area contributed by atoms with Gasteiger partial charge in [-0.1, -0.05) is 39.3 Å². The highest BCUT2D eigenvalue weighted by molar-refractivity contribution is 6.46. The van der Waals surface area contributed by atoms with Crippen LogP contribution in [0.2, 0.25) is 0 Å². The number of nitrogens with zero attached hydrogens (tertiary/aromatic N) is 1. The molecule has 0 aliphatic carbocycles. The minimum absolute atomic E-state index is 0.0769. The van der Waals surface area contributed by atoms with Gasteiger partial charge in [0, 0.05) is 12.6 Å². The summed E-state index contributed by atoms with van der Waals surface area (Å²) in [7, 11) is 1.57. The van der Waals surface area contributed by atoms with E-state index in [1.807, 2.05) is 24.3 Å². The minimum atomic E-state index is -0.696. The molecule has 1 amide bonds. The van der Waals surface area contributed by atoms with Crippen LogP contribution >= 0.6 is 0 Å². The average molecular weight is 438 g/mol. The third-order valence-electron chi connectivity index (χ3n) is 5.35. The van der Waals surface area contributed by atoms with Crippen LogP contribution in [0.15, 0.2) is 54.1 Å². The van der Waals surface area contributed by atoms with Crippen molar-refractivity contribution in [3.05, 3.63) is 65.2 Å². The Balaban J connectivity index is 1.89. The van der Waals surface area contributed by atoms with Gasteiger partial charge in [-0.05, 0) is 54.3 Å². The summed E-state index contributed by atoms with van der Waals surface area (Å²) < 4.78 is 11.4. The van der Waals surface area contributed by atoms with Crippen molar-refractivity contribution >= 4 is 17.4 Å². The summed E-state index contributed by atoms with van der Waals surface area (Å²) in [6.07, 6.45) is 2.02. The van der Waals surface area contributed by atoms with Crippen molar-refractivity contribution in [3.8, 4) is 11.5 Å². The molecule has 32 heavy (non-hydrogen) atoms. The van der Waals surface area contributed by atoms with Crippen molar-refractivity contribution in [1.82, 2.24) is 4.90 Å². The summed E-state index contributed by atoms with van der Waals surface area (Å²) in [5.41, 5.74) is 1.26. The van der Waals surface area contributed by atoms with Gasteiger partial charge in [0.2, 0.25) is 0 Å². The summed E-state index contributed by atoms with van der Waals surface area (Å²) in [6, 6.07) is 13.5.